The zero-order valence-corrected chi connectivity index (χ0v) is 6.25. The molecule has 0 heterocycles. The van der Waals surface area contributed by atoms with Gasteiger partial charge in [0.05, 0.1) is 0 Å². The Morgan fingerprint density at radius 3 is 1.29 bits per heavy atom. The zero-order valence-electron chi connectivity index (χ0n) is 4.09. The van der Waals surface area contributed by atoms with Crippen LogP contribution in [0.4, 0.5) is 8.58 Å². The summed E-state index contributed by atoms with van der Waals surface area (Å²) in [7, 11) is 0. The van der Waals surface area contributed by atoms with Crippen LogP contribution < -0.4 is 20.2 Å². The molecule has 0 atom stereocenters. The van der Waals surface area contributed by atoms with Gasteiger partial charge in [0.1, 0.15) is 0 Å². The molecule has 0 saturated heterocycles. The predicted octanol–water partition coefficient (Wildman–Crippen LogP) is -0.791. The van der Waals surface area contributed by atoms with Crippen molar-refractivity contribution in [3.8, 4) is 0 Å². The monoisotopic (exact) mass is 227 g/mol. The van der Waals surface area contributed by atoms with E-state index in [0.29, 0.717) is 0 Å². The molecule has 0 aromatic rings. The zero-order chi connectivity index (χ0) is 6.08. The van der Waals surface area contributed by atoms with Crippen LogP contribution in [0.2, 0.25) is 0 Å². The maximum atomic E-state index is 11.4. The minimum atomic E-state index is -5.60. The van der Waals surface area contributed by atoms with Crippen LogP contribution in [0.5, 0.6) is 0 Å². The molecule has 7 heavy (non-hydrogen) atoms. The fraction of sp³-hybridized carbons (Fsp3) is 1.00. The Kier molecular flexibility index (Phi) is 2.35. The van der Waals surface area contributed by atoms with Crippen molar-refractivity contribution in [2.24, 2.45) is 0 Å². The number of halogens is 4. The average molecular weight is 227 g/mol. The second-order valence-electron chi connectivity index (χ2n) is 1.42. The van der Waals surface area contributed by atoms with E-state index in [-0.39, 0.29) is 0 Å². The summed E-state index contributed by atoms with van der Waals surface area (Å²) in [6, 6.07) is 0. The average Bonchev–Trinajstić information content (AvgIpc) is 1.31. The molecule has 0 aromatic heterocycles. The molecule has 0 rings (SSSR count). The van der Waals surface area contributed by atoms with Gasteiger partial charge in [0.2, 0.25) is 0 Å². The fourth-order valence-corrected chi connectivity index (χ4v) is 0. The number of alkyl halides is 1. The molecule has 0 unspecified atom stereocenters. The van der Waals surface area contributed by atoms with Gasteiger partial charge in [-0.3, -0.25) is 0 Å². The molecular formula is C3H7F3I-. The van der Waals surface area contributed by atoms with Crippen LogP contribution in [0.1, 0.15) is 13.8 Å². The number of rotatable bonds is 1. The van der Waals surface area contributed by atoms with Crippen LogP contribution in [0.15, 0.2) is 0 Å². The van der Waals surface area contributed by atoms with E-state index >= 15 is 0 Å². The molecular weight excluding hydrogens is 220 g/mol. The summed E-state index contributed by atoms with van der Waals surface area (Å²) < 4.78 is 33.1. The Balaban J connectivity index is 3.54. The molecule has 0 radical (unpaired) electrons. The third-order valence-electron chi connectivity index (χ3n) is 0.495. The van der Waals surface area contributed by atoms with Gasteiger partial charge in [-0.05, 0) is 0 Å². The van der Waals surface area contributed by atoms with E-state index in [1.807, 2.05) is 0 Å². The summed E-state index contributed by atoms with van der Waals surface area (Å²) in [6.45, 7) is 2.41. The van der Waals surface area contributed by atoms with Crippen molar-refractivity contribution in [2.75, 3.05) is 0 Å². The fourth-order valence-electron chi connectivity index (χ4n) is 0. The molecule has 0 saturated carbocycles. The Hall–Kier alpha value is 0.520. The van der Waals surface area contributed by atoms with Crippen molar-refractivity contribution >= 4 is 0 Å². The first-order valence-electron chi connectivity index (χ1n) is 1.80. The molecule has 0 aliphatic rings. The van der Waals surface area contributed by atoms with Gasteiger partial charge in [0.25, 0.3) is 0 Å². The van der Waals surface area contributed by atoms with Gasteiger partial charge in [-0.1, -0.05) is 0 Å². The van der Waals surface area contributed by atoms with Crippen molar-refractivity contribution in [1.82, 2.24) is 0 Å². The van der Waals surface area contributed by atoms with Crippen LogP contribution in [-0.4, -0.2) is 3.92 Å². The molecule has 4 heteroatoms. The molecule has 0 fully saturated rings. The molecule has 0 bridgehead atoms. The summed E-state index contributed by atoms with van der Waals surface area (Å²) >= 11 is -5.60. The van der Waals surface area contributed by atoms with Gasteiger partial charge in [-0.2, -0.15) is 0 Å². The summed E-state index contributed by atoms with van der Waals surface area (Å²) in [5.41, 5.74) is 0. The Morgan fingerprint density at radius 1 is 1.14 bits per heavy atom. The van der Waals surface area contributed by atoms with Gasteiger partial charge in [-0.15, -0.1) is 0 Å². The topological polar surface area (TPSA) is 0 Å². The normalized spacial score (nSPS) is 15.1. The summed E-state index contributed by atoms with van der Waals surface area (Å²) in [5.74, 6) is 0. The molecule has 0 aliphatic heterocycles. The van der Waals surface area contributed by atoms with Crippen LogP contribution >= 0.6 is 0 Å². The van der Waals surface area contributed by atoms with Crippen LogP contribution in [-0.2, 0) is 0 Å². The van der Waals surface area contributed by atoms with Crippen molar-refractivity contribution in [3.63, 3.8) is 0 Å². The van der Waals surface area contributed by atoms with Gasteiger partial charge in [0.15, 0.2) is 0 Å². The van der Waals surface area contributed by atoms with E-state index in [1.54, 1.807) is 0 Å². The van der Waals surface area contributed by atoms with Gasteiger partial charge < -0.3 is 0 Å². The molecule has 48 valence electrons. The third-order valence-corrected chi connectivity index (χ3v) is 3.32. The molecule has 0 spiro atoms. The van der Waals surface area contributed by atoms with Gasteiger partial charge >= 0.3 is 46.5 Å². The summed E-state index contributed by atoms with van der Waals surface area (Å²) in [5, 5.41) is 0. The Bertz CT molecular complexity index is 55.7. The second-order valence-corrected chi connectivity index (χ2v) is 6.25. The standard InChI is InChI=1S/C3H7F3I/c1-3(2)7(4,5)6/h3H,1-2H3/q-1. The molecule has 0 aromatic carbocycles. The van der Waals surface area contributed by atoms with E-state index in [1.165, 1.54) is 13.8 Å². The van der Waals surface area contributed by atoms with Crippen molar-refractivity contribution in [3.05, 3.63) is 0 Å². The third kappa shape index (κ3) is 3.13. The minimum absolute atomic E-state index is 1.02. The van der Waals surface area contributed by atoms with Gasteiger partial charge in [-0.25, -0.2) is 0 Å². The van der Waals surface area contributed by atoms with E-state index in [2.05, 4.69) is 0 Å². The van der Waals surface area contributed by atoms with Crippen LogP contribution in [0, 0.1) is 0 Å². The first-order valence-corrected chi connectivity index (χ1v) is 5.49. The van der Waals surface area contributed by atoms with Crippen LogP contribution in [0.3, 0.4) is 0 Å². The Labute approximate surface area is 46.9 Å². The summed E-state index contributed by atoms with van der Waals surface area (Å²) in [4.78, 5) is 0. The number of hydrogen-bond acceptors (Lipinski definition) is 0. The molecule has 0 N–H and O–H groups in total. The maximum absolute atomic E-state index is 11.4. The molecule has 0 aliphatic carbocycles. The van der Waals surface area contributed by atoms with Crippen molar-refractivity contribution < 1.29 is 28.7 Å². The van der Waals surface area contributed by atoms with Crippen LogP contribution in [0.25, 0.3) is 0 Å². The number of hydrogen-bond donors (Lipinski definition) is 0. The SMILES string of the molecule is CC(C)[I-](F)(F)F. The molecule has 0 amide bonds. The quantitative estimate of drug-likeness (QED) is 0.406. The molecule has 0 nitrogen and oxygen atoms in total. The predicted molar refractivity (Wildman–Crippen MR) is 18.5 cm³/mol. The second kappa shape index (κ2) is 2.19. The van der Waals surface area contributed by atoms with E-state index < -0.39 is 24.1 Å². The first kappa shape index (κ1) is 7.52. The van der Waals surface area contributed by atoms with E-state index in [0.717, 1.165) is 0 Å². The van der Waals surface area contributed by atoms with Crippen molar-refractivity contribution in [2.45, 2.75) is 17.8 Å². The van der Waals surface area contributed by atoms with Gasteiger partial charge in [0, 0.05) is 0 Å². The van der Waals surface area contributed by atoms with Crippen molar-refractivity contribution in [1.29, 1.82) is 0 Å². The first-order chi connectivity index (χ1) is 2.94. The van der Waals surface area contributed by atoms with E-state index in [9.17, 15) is 8.58 Å². The summed E-state index contributed by atoms with van der Waals surface area (Å²) in [6.07, 6.45) is 0. The van der Waals surface area contributed by atoms with E-state index in [4.69, 9.17) is 0 Å². The Morgan fingerprint density at radius 2 is 1.29 bits per heavy atom.